The van der Waals surface area contributed by atoms with Gasteiger partial charge in [0.2, 0.25) is 0 Å². The van der Waals surface area contributed by atoms with Gasteiger partial charge >= 0.3 is 0 Å². The number of nitrogens with zero attached hydrogens (tertiary/aromatic N) is 3. The molecule has 1 fully saturated rings. The minimum absolute atomic E-state index is 0.129. The lowest BCUT2D eigenvalue weighted by Gasteiger charge is -2.21. The Labute approximate surface area is 134 Å². The van der Waals surface area contributed by atoms with Crippen LogP contribution in [-0.4, -0.2) is 46.9 Å². The van der Waals surface area contributed by atoms with Crippen molar-refractivity contribution >= 4 is 22.4 Å². The molecule has 0 atom stereocenters. The smallest absolute Gasteiger partial charge is 0.253 e. The molecule has 0 unspecified atom stereocenters. The molecule has 3 rings (SSSR count). The minimum atomic E-state index is 0.129. The molecule has 0 saturated carbocycles. The fourth-order valence-corrected chi connectivity index (χ4v) is 3.44. The number of aromatic nitrogens is 1. The standard InChI is InChI=1S/C16H20N4OS/c17-16-18-11-14(22-16)12-19-7-4-8-20(10-9-19)15(21)13-5-2-1-3-6-13/h1-3,5-6,11H,4,7-10,12H2,(H2,17,18). The molecule has 1 aliphatic rings. The summed E-state index contributed by atoms with van der Waals surface area (Å²) in [5.41, 5.74) is 6.45. The predicted octanol–water partition coefficient (Wildman–Crippen LogP) is 2.07. The van der Waals surface area contributed by atoms with Gasteiger partial charge in [0, 0.05) is 49.4 Å². The van der Waals surface area contributed by atoms with Crippen LogP contribution in [0.3, 0.4) is 0 Å². The number of rotatable bonds is 3. The average Bonchev–Trinajstić information content (AvgIpc) is 2.81. The van der Waals surface area contributed by atoms with Gasteiger partial charge in [0.25, 0.3) is 5.91 Å². The highest BCUT2D eigenvalue weighted by Crippen LogP contribution is 2.18. The number of benzene rings is 1. The van der Waals surface area contributed by atoms with Crippen molar-refractivity contribution in [1.82, 2.24) is 14.8 Å². The van der Waals surface area contributed by atoms with E-state index >= 15 is 0 Å². The van der Waals surface area contributed by atoms with Crippen molar-refractivity contribution in [1.29, 1.82) is 0 Å². The van der Waals surface area contributed by atoms with Gasteiger partial charge in [-0.05, 0) is 18.6 Å². The second-order valence-electron chi connectivity index (χ2n) is 5.45. The Morgan fingerprint density at radius 3 is 2.73 bits per heavy atom. The molecule has 0 aliphatic carbocycles. The summed E-state index contributed by atoms with van der Waals surface area (Å²) in [6, 6.07) is 9.51. The summed E-state index contributed by atoms with van der Waals surface area (Å²) in [6.07, 6.45) is 2.84. The van der Waals surface area contributed by atoms with Crippen LogP contribution in [0.1, 0.15) is 21.7 Å². The Kier molecular flexibility index (Phi) is 4.70. The molecule has 0 bridgehead atoms. The number of hydrogen-bond donors (Lipinski definition) is 1. The van der Waals surface area contributed by atoms with Gasteiger partial charge in [-0.3, -0.25) is 9.69 Å². The molecule has 1 aromatic carbocycles. The van der Waals surface area contributed by atoms with Crippen molar-refractivity contribution in [3.63, 3.8) is 0 Å². The molecule has 6 heteroatoms. The van der Waals surface area contributed by atoms with Crippen molar-refractivity contribution in [3.05, 3.63) is 47.0 Å². The monoisotopic (exact) mass is 316 g/mol. The quantitative estimate of drug-likeness (QED) is 0.941. The topological polar surface area (TPSA) is 62.5 Å². The van der Waals surface area contributed by atoms with E-state index in [4.69, 9.17) is 5.73 Å². The van der Waals surface area contributed by atoms with E-state index in [1.54, 1.807) is 0 Å². The van der Waals surface area contributed by atoms with Crippen LogP contribution in [0.15, 0.2) is 36.5 Å². The lowest BCUT2D eigenvalue weighted by molar-refractivity contribution is 0.0761. The number of amides is 1. The number of hydrogen-bond acceptors (Lipinski definition) is 5. The van der Waals surface area contributed by atoms with Gasteiger partial charge in [-0.15, -0.1) is 11.3 Å². The number of carbonyl (C=O) groups excluding carboxylic acids is 1. The highest BCUT2D eigenvalue weighted by molar-refractivity contribution is 7.15. The van der Waals surface area contributed by atoms with Crippen LogP contribution < -0.4 is 5.73 Å². The maximum Gasteiger partial charge on any atom is 0.253 e. The van der Waals surface area contributed by atoms with Gasteiger partial charge in [0.1, 0.15) is 0 Å². The van der Waals surface area contributed by atoms with Crippen LogP contribution in [0.5, 0.6) is 0 Å². The maximum absolute atomic E-state index is 12.5. The molecule has 0 spiro atoms. The van der Waals surface area contributed by atoms with Crippen LogP contribution in [0, 0.1) is 0 Å². The molecule has 5 nitrogen and oxygen atoms in total. The minimum Gasteiger partial charge on any atom is -0.375 e. The maximum atomic E-state index is 12.5. The average molecular weight is 316 g/mol. The van der Waals surface area contributed by atoms with Gasteiger partial charge in [-0.25, -0.2) is 4.98 Å². The molecule has 22 heavy (non-hydrogen) atoms. The van der Waals surface area contributed by atoms with Crippen LogP contribution in [0.25, 0.3) is 0 Å². The highest BCUT2D eigenvalue weighted by atomic mass is 32.1. The summed E-state index contributed by atoms with van der Waals surface area (Å²) < 4.78 is 0. The van der Waals surface area contributed by atoms with E-state index in [2.05, 4.69) is 9.88 Å². The Hall–Kier alpha value is -1.92. The largest absolute Gasteiger partial charge is 0.375 e. The van der Waals surface area contributed by atoms with Crippen molar-refractivity contribution in [3.8, 4) is 0 Å². The Balaban J connectivity index is 1.59. The van der Waals surface area contributed by atoms with E-state index in [0.717, 1.165) is 44.7 Å². The van der Waals surface area contributed by atoms with Gasteiger partial charge in [0.15, 0.2) is 5.13 Å². The first-order valence-corrected chi connectivity index (χ1v) is 8.31. The summed E-state index contributed by atoms with van der Waals surface area (Å²) in [5, 5.41) is 0.616. The normalized spacial score (nSPS) is 16.5. The first-order valence-electron chi connectivity index (χ1n) is 7.49. The SMILES string of the molecule is Nc1ncc(CN2CCCN(C(=O)c3ccccc3)CC2)s1. The molecule has 2 aromatic rings. The zero-order valence-corrected chi connectivity index (χ0v) is 13.3. The molecule has 2 heterocycles. The number of nitrogens with two attached hydrogens (primary N) is 1. The van der Waals surface area contributed by atoms with Gasteiger partial charge in [-0.2, -0.15) is 0 Å². The third-order valence-corrected chi connectivity index (χ3v) is 4.66. The van der Waals surface area contributed by atoms with Crippen LogP contribution in [0.2, 0.25) is 0 Å². The van der Waals surface area contributed by atoms with E-state index in [-0.39, 0.29) is 5.91 Å². The highest BCUT2D eigenvalue weighted by Gasteiger charge is 2.20. The van der Waals surface area contributed by atoms with Crippen molar-refractivity contribution < 1.29 is 4.79 Å². The lowest BCUT2D eigenvalue weighted by atomic mass is 10.2. The zero-order valence-electron chi connectivity index (χ0n) is 12.4. The third kappa shape index (κ3) is 3.64. The molecule has 1 aliphatic heterocycles. The van der Waals surface area contributed by atoms with E-state index in [1.165, 1.54) is 16.2 Å². The first kappa shape index (κ1) is 15.0. The van der Waals surface area contributed by atoms with Crippen LogP contribution in [0.4, 0.5) is 5.13 Å². The number of anilines is 1. The Morgan fingerprint density at radius 1 is 1.18 bits per heavy atom. The molecule has 1 aromatic heterocycles. The summed E-state index contributed by atoms with van der Waals surface area (Å²) in [5.74, 6) is 0.129. The Bertz CT molecular complexity index is 628. The second kappa shape index (κ2) is 6.89. The fourth-order valence-electron chi connectivity index (χ4n) is 2.71. The predicted molar refractivity (Wildman–Crippen MR) is 88.8 cm³/mol. The van der Waals surface area contributed by atoms with Crippen molar-refractivity contribution in [2.45, 2.75) is 13.0 Å². The van der Waals surface area contributed by atoms with Crippen LogP contribution in [-0.2, 0) is 6.54 Å². The van der Waals surface area contributed by atoms with E-state index < -0.39 is 0 Å². The number of thiazole rings is 1. The summed E-state index contributed by atoms with van der Waals surface area (Å²) >= 11 is 1.54. The zero-order chi connectivity index (χ0) is 15.4. The number of carbonyl (C=O) groups is 1. The fraction of sp³-hybridized carbons (Fsp3) is 0.375. The van der Waals surface area contributed by atoms with Gasteiger partial charge in [-0.1, -0.05) is 18.2 Å². The van der Waals surface area contributed by atoms with E-state index in [1.807, 2.05) is 41.4 Å². The first-order chi connectivity index (χ1) is 10.7. The summed E-state index contributed by atoms with van der Waals surface area (Å²) in [6.45, 7) is 4.33. The third-order valence-electron chi connectivity index (χ3n) is 3.85. The second-order valence-corrected chi connectivity index (χ2v) is 6.60. The van der Waals surface area contributed by atoms with Crippen LogP contribution >= 0.6 is 11.3 Å². The van der Waals surface area contributed by atoms with Crippen molar-refractivity contribution in [2.24, 2.45) is 0 Å². The van der Waals surface area contributed by atoms with Gasteiger partial charge in [0.05, 0.1) is 0 Å². The van der Waals surface area contributed by atoms with Gasteiger partial charge < -0.3 is 10.6 Å². The van der Waals surface area contributed by atoms with E-state index in [9.17, 15) is 4.79 Å². The van der Waals surface area contributed by atoms with E-state index in [0.29, 0.717) is 5.13 Å². The molecule has 1 saturated heterocycles. The lowest BCUT2D eigenvalue weighted by Crippen LogP contribution is -2.35. The molecular weight excluding hydrogens is 296 g/mol. The summed E-state index contributed by atoms with van der Waals surface area (Å²) in [4.78, 5) is 22.1. The summed E-state index contributed by atoms with van der Waals surface area (Å²) in [7, 11) is 0. The molecule has 1 amide bonds. The Morgan fingerprint density at radius 2 is 2.00 bits per heavy atom. The molecule has 0 radical (unpaired) electrons. The molecular formula is C16H20N4OS. The number of nitrogen functional groups attached to an aromatic ring is 1. The van der Waals surface area contributed by atoms with Crippen molar-refractivity contribution in [2.75, 3.05) is 31.9 Å². The molecule has 2 N–H and O–H groups in total. The molecule has 116 valence electrons.